The number of benzene rings is 1. The van der Waals surface area contributed by atoms with Gasteiger partial charge in [-0.1, -0.05) is 0 Å². The highest BCUT2D eigenvalue weighted by atomic mass is 79.9. The summed E-state index contributed by atoms with van der Waals surface area (Å²) in [6.07, 6.45) is -2.95. The molecular weight excluding hydrogens is 336 g/mol. The van der Waals surface area contributed by atoms with Crippen LogP contribution in [0.4, 0.5) is 8.78 Å². The van der Waals surface area contributed by atoms with E-state index in [1.54, 1.807) is 0 Å². The van der Waals surface area contributed by atoms with Gasteiger partial charge in [0.2, 0.25) is 10.0 Å². The predicted octanol–water partition coefficient (Wildman–Crippen LogP) is 1.82. The molecule has 0 aliphatic heterocycles. The highest BCUT2D eigenvalue weighted by Crippen LogP contribution is 2.31. The van der Waals surface area contributed by atoms with Gasteiger partial charge in [0.25, 0.3) is 6.43 Å². The van der Waals surface area contributed by atoms with Gasteiger partial charge in [-0.15, -0.1) is 0 Å². The minimum absolute atomic E-state index is 0.145. The highest BCUT2D eigenvalue weighted by molar-refractivity contribution is 9.10. The number of carbonyl (C=O) groups is 1. The third-order valence-corrected chi connectivity index (χ3v) is 3.92. The quantitative estimate of drug-likeness (QED) is 0.848. The zero-order chi connectivity index (χ0) is 14.1. The molecule has 0 aliphatic rings. The van der Waals surface area contributed by atoms with Gasteiger partial charge >= 0.3 is 5.97 Å². The first kappa shape index (κ1) is 15.0. The number of ether oxygens (including phenoxy) is 1. The van der Waals surface area contributed by atoms with Crippen LogP contribution in [0.3, 0.4) is 0 Å². The minimum atomic E-state index is -4.14. The Balaban J connectivity index is 3.61. The summed E-state index contributed by atoms with van der Waals surface area (Å²) < 4.78 is 52.0. The van der Waals surface area contributed by atoms with Gasteiger partial charge in [-0.05, 0) is 28.1 Å². The van der Waals surface area contributed by atoms with Crippen molar-refractivity contribution in [3.8, 4) is 0 Å². The molecule has 0 radical (unpaired) electrons. The molecule has 0 aliphatic carbocycles. The molecule has 18 heavy (non-hydrogen) atoms. The average Bonchev–Trinajstić information content (AvgIpc) is 2.25. The maximum Gasteiger partial charge on any atom is 0.338 e. The standard InChI is InChI=1S/C9H8BrF2NO4S/c1-17-9(14)5-3-7(18(13,15)16)6(10)2-4(5)8(11)12/h2-3,8H,1H3,(H2,13,15,16). The van der Waals surface area contributed by atoms with Gasteiger partial charge in [0.15, 0.2) is 0 Å². The lowest BCUT2D eigenvalue weighted by molar-refractivity contribution is 0.0589. The fourth-order valence-electron chi connectivity index (χ4n) is 1.25. The molecule has 0 amide bonds. The number of alkyl halides is 2. The number of carbonyl (C=O) groups excluding carboxylic acids is 1. The Hall–Kier alpha value is -1.06. The molecule has 0 bridgehead atoms. The largest absolute Gasteiger partial charge is 0.465 e. The van der Waals surface area contributed by atoms with E-state index in [9.17, 15) is 22.0 Å². The van der Waals surface area contributed by atoms with E-state index in [1.165, 1.54) is 0 Å². The van der Waals surface area contributed by atoms with Crippen molar-refractivity contribution in [2.45, 2.75) is 11.3 Å². The van der Waals surface area contributed by atoms with Crippen molar-refractivity contribution in [1.29, 1.82) is 0 Å². The SMILES string of the molecule is COC(=O)c1cc(S(N)(=O)=O)c(Br)cc1C(F)F. The van der Waals surface area contributed by atoms with Gasteiger partial charge in [0, 0.05) is 10.0 Å². The lowest BCUT2D eigenvalue weighted by atomic mass is 10.1. The van der Waals surface area contributed by atoms with Crippen LogP contribution in [0.1, 0.15) is 22.3 Å². The van der Waals surface area contributed by atoms with Gasteiger partial charge in [0.1, 0.15) is 0 Å². The molecule has 1 aromatic rings. The highest BCUT2D eigenvalue weighted by Gasteiger charge is 2.24. The first-order valence-corrected chi connectivity index (χ1v) is 6.75. The Labute approximate surface area is 110 Å². The number of primary sulfonamides is 1. The normalized spacial score (nSPS) is 11.7. The van der Waals surface area contributed by atoms with E-state index in [0.29, 0.717) is 0 Å². The molecule has 0 atom stereocenters. The van der Waals surface area contributed by atoms with Crippen LogP contribution in [0.25, 0.3) is 0 Å². The molecule has 0 saturated carbocycles. The predicted molar refractivity (Wildman–Crippen MR) is 61.8 cm³/mol. The first-order chi connectivity index (χ1) is 8.18. The molecular formula is C9H8BrF2NO4S. The summed E-state index contributed by atoms with van der Waals surface area (Å²) in [5.74, 6) is -1.07. The molecule has 9 heteroatoms. The third-order valence-electron chi connectivity index (χ3n) is 2.05. The molecule has 0 heterocycles. The smallest absolute Gasteiger partial charge is 0.338 e. The number of sulfonamides is 1. The number of nitrogens with two attached hydrogens (primary N) is 1. The van der Waals surface area contributed by atoms with E-state index in [1.807, 2.05) is 0 Å². The zero-order valence-electron chi connectivity index (χ0n) is 8.98. The number of rotatable bonds is 3. The third kappa shape index (κ3) is 3.03. The Morgan fingerprint density at radius 3 is 2.39 bits per heavy atom. The van der Waals surface area contributed by atoms with Crippen LogP contribution >= 0.6 is 15.9 Å². The number of esters is 1. The molecule has 1 rings (SSSR count). The minimum Gasteiger partial charge on any atom is -0.465 e. The van der Waals surface area contributed by atoms with Crippen molar-refractivity contribution in [3.63, 3.8) is 0 Å². The van der Waals surface area contributed by atoms with Crippen LogP contribution in [0.15, 0.2) is 21.5 Å². The summed E-state index contributed by atoms with van der Waals surface area (Å²) in [5.41, 5.74) is -1.18. The summed E-state index contributed by atoms with van der Waals surface area (Å²) in [5, 5.41) is 4.90. The second-order valence-corrected chi connectivity index (χ2v) is 5.59. The summed E-state index contributed by atoms with van der Waals surface area (Å²) in [7, 11) is -3.14. The molecule has 0 saturated heterocycles. The van der Waals surface area contributed by atoms with Crippen molar-refractivity contribution in [1.82, 2.24) is 0 Å². The average molecular weight is 344 g/mol. The van der Waals surface area contributed by atoms with Gasteiger partial charge in [-0.3, -0.25) is 0 Å². The Kier molecular flexibility index (Phi) is 4.41. The molecule has 0 aromatic heterocycles. The van der Waals surface area contributed by atoms with Crippen molar-refractivity contribution in [2.24, 2.45) is 5.14 Å². The van der Waals surface area contributed by atoms with Crippen molar-refractivity contribution in [3.05, 3.63) is 27.7 Å². The van der Waals surface area contributed by atoms with Crippen LogP contribution in [-0.4, -0.2) is 21.5 Å². The first-order valence-electron chi connectivity index (χ1n) is 4.41. The van der Waals surface area contributed by atoms with Crippen LogP contribution < -0.4 is 5.14 Å². The van der Waals surface area contributed by atoms with E-state index >= 15 is 0 Å². The van der Waals surface area contributed by atoms with Gasteiger partial charge in [-0.25, -0.2) is 27.1 Å². The molecule has 0 unspecified atom stereocenters. The molecule has 100 valence electrons. The van der Waals surface area contributed by atoms with E-state index in [-0.39, 0.29) is 4.47 Å². The van der Waals surface area contributed by atoms with Crippen LogP contribution in [0, 0.1) is 0 Å². The van der Waals surface area contributed by atoms with E-state index in [4.69, 9.17) is 5.14 Å². The number of hydrogen-bond donors (Lipinski definition) is 1. The second-order valence-electron chi connectivity index (χ2n) is 3.21. The number of methoxy groups -OCH3 is 1. The Bertz CT molecular complexity index is 588. The lowest BCUT2D eigenvalue weighted by Crippen LogP contribution is -2.15. The van der Waals surface area contributed by atoms with Crippen molar-refractivity contribution < 1.29 is 26.7 Å². The maximum atomic E-state index is 12.7. The fourth-order valence-corrected chi connectivity index (χ4v) is 2.90. The summed E-state index contributed by atoms with van der Waals surface area (Å²) in [4.78, 5) is 10.9. The number of hydrogen-bond acceptors (Lipinski definition) is 4. The monoisotopic (exact) mass is 343 g/mol. The Morgan fingerprint density at radius 1 is 1.44 bits per heavy atom. The van der Waals surface area contributed by atoms with E-state index in [0.717, 1.165) is 19.2 Å². The summed E-state index contributed by atoms with van der Waals surface area (Å²) >= 11 is 2.81. The van der Waals surface area contributed by atoms with Gasteiger partial charge in [-0.2, -0.15) is 0 Å². The van der Waals surface area contributed by atoms with E-state index in [2.05, 4.69) is 20.7 Å². The summed E-state index contributed by atoms with van der Waals surface area (Å²) in [6, 6.07) is 1.59. The Morgan fingerprint density at radius 2 is 2.00 bits per heavy atom. The van der Waals surface area contributed by atoms with Crippen LogP contribution in [0.2, 0.25) is 0 Å². The summed E-state index contributed by atoms with van der Waals surface area (Å²) in [6.45, 7) is 0. The number of halogens is 3. The van der Waals surface area contributed by atoms with Crippen LogP contribution in [-0.2, 0) is 14.8 Å². The van der Waals surface area contributed by atoms with Crippen molar-refractivity contribution >= 4 is 31.9 Å². The van der Waals surface area contributed by atoms with E-state index < -0.39 is 38.4 Å². The van der Waals surface area contributed by atoms with Gasteiger partial charge < -0.3 is 4.74 Å². The molecule has 2 N–H and O–H groups in total. The van der Waals surface area contributed by atoms with Gasteiger partial charge in [0.05, 0.1) is 17.6 Å². The topological polar surface area (TPSA) is 86.5 Å². The molecule has 1 aromatic carbocycles. The molecule has 5 nitrogen and oxygen atoms in total. The zero-order valence-corrected chi connectivity index (χ0v) is 11.4. The molecule has 0 fully saturated rings. The van der Waals surface area contributed by atoms with Crippen LogP contribution in [0.5, 0.6) is 0 Å². The lowest BCUT2D eigenvalue weighted by Gasteiger charge is -2.10. The fraction of sp³-hybridized carbons (Fsp3) is 0.222. The van der Waals surface area contributed by atoms with Crippen molar-refractivity contribution in [2.75, 3.05) is 7.11 Å². The molecule has 0 spiro atoms. The second kappa shape index (κ2) is 5.29. The maximum absolute atomic E-state index is 12.7.